The van der Waals surface area contributed by atoms with E-state index in [0.29, 0.717) is 11.3 Å². The number of sulfonamides is 1. The van der Waals surface area contributed by atoms with Crippen molar-refractivity contribution >= 4 is 44.9 Å². The van der Waals surface area contributed by atoms with Crippen LogP contribution in [0, 0.1) is 6.92 Å². The van der Waals surface area contributed by atoms with E-state index >= 15 is 0 Å². The number of carbonyl (C=O) groups is 1. The second kappa shape index (κ2) is 8.37. The Kier molecular flexibility index (Phi) is 6.62. The van der Waals surface area contributed by atoms with Gasteiger partial charge in [-0.2, -0.15) is 0 Å². The molecule has 2 aromatic rings. The summed E-state index contributed by atoms with van der Waals surface area (Å²) in [5.74, 6) is -0.289. The molecule has 0 saturated carbocycles. The van der Waals surface area contributed by atoms with E-state index in [4.69, 9.17) is 32.7 Å². The van der Waals surface area contributed by atoms with Gasteiger partial charge < -0.3 is 9.47 Å². The van der Waals surface area contributed by atoms with Crippen molar-refractivity contribution < 1.29 is 22.7 Å². The predicted molar refractivity (Wildman–Crippen MR) is 106 cm³/mol. The Morgan fingerprint density at radius 3 is 2.33 bits per heavy atom. The van der Waals surface area contributed by atoms with Crippen LogP contribution < -0.4 is 9.04 Å². The van der Waals surface area contributed by atoms with Gasteiger partial charge in [-0.05, 0) is 43.7 Å². The number of anilines is 1. The fourth-order valence-electron chi connectivity index (χ4n) is 2.58. The molecule has 27 heavy (non-hydrogen) atoms. The summed E-state index contributed by atoms with van der Waals surface area (Å²) in [6.07, 6.45) is 0. The first-order valence-electron chi connectivity index (χ1n) is 7.92. The zero-order chi connectivity index (χ0) is 20.4. The first-order chi connectivity index (χ1) is 12.7. The van der Waals surface area contributed by atoms with Crippen molar-refractivity contribution in [3.63, 3.8) is 0 Å². The van der Waals surface area contributed by atoms with E-state index in [1.54, 1.807) is 26.0 Å². The Hall–Kier alpha value is -1.96. The largest absolute Gasteiger partial charge is 0.495 e. The van der Waals surface area contributed by atoms with Gasteiger partial charge in [-0.25, -0.2) is 13.2 Å². The summed E-state index contributed by atoms with van der Waals surface area (Å²) in [5, 5.41) is -0.118. The van der Waals surface area contributed by atoms with Crippen LogP contribution in [0.25, 0.3) is 0 Å². The van der Waals surface area contributed by atoms with Crippen LogP contribution in [-0.2, 0) is 14.8 Å². The molecule has 0 atom stereocenters. The minimum atomic E-state index is -4.04. The molecule has 0 amide bonds. The van der Waals surface area contributed by atoms with E-state index in [-0.39, 0.29) is 32.8 Å². The number of benzene rings is 2. The standard InChI is InChI=1S/C18H19Cl2NO5S/c1-5-21(13-10-12(18(22)26-4)7-6-11(13)2)27(23,24)15-9-8-14(25-3)16(19)17(15)20/h6-10H,5H2,1-4H3. The molecule has 2 rings (SSSR count). The number of esters is 1. The highest BCUT2D eigenvalue weighted by Gasteiger charge is 2.29. The lowest BCUT2D eigenvalue weighted by atomic mass is 10.1. The van der Waals surface area contributed by atoms with Gasteiger partial charge in [-0.1, -0.05) is 29.3 Å². The van der Waals surface area contributed by atoms with Crippen molar-refractivity contribution in [2.24, 2.45) is 0 Å². The fourth-order valence-corrected chi connectivity index (χ4v) is 4.93. The number of nitrogens with zero attached hydrogens (tertiary/aromatic N) is 1. The van der Waals surface area contributed by atoms with E-state index in [1.807, 2.05) is 0 Å². The number of rotatable bonds is 6. The van der Waals surface area contributed by atoms with Crippen molar-refractivity contribution in [3.05, 3.63) is 51.5 Å². The quantitative estimate of drug-likeness (QED) is 0.636. The van der Waals surface area contributed by atoms with Crippen LogP contribution in [0.1, 0.15) is 22.8 Å². The van der Waals surface area contributed by atoms with Crippen LogP contribution >= 0.6 is 23.2 Å². The molecule has 0 fully saturated rings. The van der Waals surface area contributed by atoms with E-state index in [1.165, 1.54) is 36.7 Å². The minimum absolute atomic E-state index is 0.0105. The molecule has 2 aromatic carbocycles. The molecule has 0 aliphatic carbocycles. The maximum Gasteiger partial charge on any atom is 0.337 e. The Balaban J connectivity index is 2.64. The molecule has 6 nitrogen and oxygen atoms in total. The monoisotopic (exact) mass is 431 g/mol. The lowest BCUT2D eigenvalue weighted by molar-refractivity contribution is 0.0600. The van der Waals surface area contributed by atoms with Crippen LogP contribution in [0.2, 0.25) is 10.0 Å². The smallest absolute Gasteiger partial charge is 0.337 e. The highest BCUT2D eigenvalue weighted by molar-refractivity contribution is 7.93. The molecule has 0 spiro atoms. The first-order valence-corrected chi connectivity index (χ1v) is 10.1. The van der Waals surface area contributed by atoms with Crippen LogP contribution in [-0.4, -0.2) is 35.2 Å². The van der Waals surface area contributed by atoms with Crippen LogP contribution in [0.4, 0.5) is 5.69 Å². The van der Waals surface area contributed by atoms with Crippen LogP contribution in [0.15, 0.2) is 35.2 Å². The van der Waals surface area contributed by atoms with E-state index in [0.717, 1.165) is 0 Å². The number of aryl methyl sites for hydroxylation is 1. The average molecular weight is 432 g/mol. The molecular weight excluding hydrogens is 413 g/mol. The van der Waals surface area contributed by atoms with Gasteiger partial charge in [-0.15, -0.1) is 0 Å². The van der Waals surface area contributed by atoms with Crippen molar-refractivity contribution in [1.29, 1.82) is 0 Å². The topological polar surface area (TPSA) is 72.9 Å². The fraction of sp³-hybridized carbons (Fsp3) is 0.278. The number of ether oxygens (including phenoxy) is 2. The van der Waals surface area contributed by atoms with Gasteiger partial charge in [0.05, 0.1) is 30.5 Å². The van der Waals surface area contributed by atoms with Crippen molar-refractivity contribution in [1.82, 2.24) is 0 Å². The Labute approximate surface area is 168 Å². The summed E-state index contributed by atoms with van der Waals surface area (Å²) in [7, 11) is -1.38. The first kappa shape index (κ1) is 21.3. The molecular formula is C18H19Cl2NO5S. The predicted octanol–water partition coefficient (Wildman–Crippen LogP) is 4.31. The summed E-state index contributed by atoms with van der Waals surface area (Å²) >= 11 is 12.3. The molecule has 0 radical (unpaired) electrons. The number of hydrogen-bond donors (Lipinski definition) is 0. The summed E-state index contributed by atoms with van der Waals surface area (Å²) in [6, 6.07) is 7.48. The number of hydrogen-bond acceptors (Lipinski definition) is 5. The van der Waals surface area contributed by atoms with Crippen molar-refractivity contribution in [2.75, 3.05) is 25.1 Å². The molecule has 0 aliphatic heterocycles. The molecule has 146 valence electrons. The summed E-state index contributed by atoms with van der Waals surface area (Å²) in [4.78, 5) is 11.7. The lowest BCUT2D eigenvalue weighted by Crippen LogP contribution is -2.32. The summed E-state index contributed by atoms with van der Waals surface area (Å²) in [6.45, 7) is 3.55. The van der Waals surface area contributed by atoms with Crippen molar-refractivity contribution in [3.8, 4) is 5.75 Å². The molecule has 9 heteroatoms. The van der Waals surface area contributed by atoms with Gasteiger partial charge in [-0.3, -0.25) is 4.31 Å². The summed E-state index contributed by atoms with van der Waals surface area (Å²) < 4.78 is 37.5. The van der Waals surface area contributed by atoms with E-state index < -0.39 is 16.0 Å². The van der Waals surface area contributed by atoms with E-state index in [9.17, 15) is 13.2 Å². The number of methoxy groups -OCH3 is 2. The zero-order valence-corrected chi connectivity index (χ0v) is 17.6. The second-order valence-electron chi connectivity index (χ2n) is 5.56. The van der Waals surface area contributed by atoms with Gasteiger partial charge in [0.2, 0.25) is 0 Å². The molecule has 0 aromatic heterocycles. The molecule has 0 bridgehead atoms. The Morgan fingerprint density at radius 2 is 1.78 bits per heavy atom. The SMILES string of the molecule is CCN(c1cc(C(=O)OC)ccc1C)S(=O)(=O)c1ccc(OC)c(Cl)c1Cl. The van der Waals surface area contributed by atoms with Gasteiger partial charge in [0.25, 0.3) is 10.0 Å². The van der Waals surface area contributed by atoms with E-state index in [2.05, 4.69) is 0 Å². The maximum atomic E-state index is 13.3. The molecule has 0 saturated heterocycles. The second-order valence-corrected chi connectivity index (χ2v) is 8.14. The van der Waals surface area contributed by atoms with Gasteiger partial charge in [0.15, 0.2) is 0 Å². The Morgan fingerprint density at radius 1 is 1.11 bits per heavy atom. The third-order valence-electron chi connectivity index (χ3n) is 3.99. The minimum Gasteiger partial charge on any atom is -0.495 e. The highest BCUT2D eigenvalue weighted by Crippen LogP contribution is 2.39. The molecule has 0 heterocycles. The normalized spacial score (nSPS) is 11.2. The third kappa shape index (κ3) is 4.00. The highest BCUT2D eigenvalue weighted by atomic mass is 35.5. The van der Waals surface area contributed by atoms with Crippen molar-refractivity contribution in [2.45, 2.75) is 18.7 Å². The van der Waals surface area contributed by atoms with Gasteiger partial charge in [0, 0.05) is 6.54 Å². The van der Waals surface area contributed by atoms with Gasteiger partial charge >= 0.3 is 5.97 Å². The van der Waals surface area contributed by atoms with Crippen LogP contribution in [0.3, 0.4) is 0 Å². The molecule has 0 unspecified atom stereocenters. The van der Waals surface area contributed by atoms with Crippen LogP contribution in [0.5, 0.6) is 5.75 Å². The maximum absolute atomic E-state index is 13.3. The number of carbonyl (C=O) groups excluding carboxylic acids is 1. The Bertz CT molecular complexity index is 976. The lowest BCUT2D eigenvalue weighted by Gasteiger charge is -2.26. The number of halogens is 2. The third-order valence-corrected chi connectivity index (χ3v) is 6.89. The average Bonchev–Trinajstić information content (AvgIpc) is 2.64. The molecule has 0 N–H and O–H groups in total. The molecule has 0 aliphatic rings. The zero-order valence-electron chi connectivity index (χ0n) is 15.2. The summed E-state index contributed by atoms with van der Waals surface area (Å²) in [5.41, 5.74) is 1.26. The van der Waals surface area contributed by atoms with Gasteiger partial charge in [0.1, 0.15) is 15.7 Å².